The molecule has 0 rings (SSSR count). The first-order valence-corrected chi connectivity index (χ1v) is 34.1. The molecule has 0 aromatic heterocycles. The van der Waals surface area contributed by atoms with Crippen molar-refractivity contribution in [1.29, 1.82) is 0 Å². The molecule has 0 saturated heterocycles. The molecule has 0 aliphatic heterocycles. The summed E-state index contributed by atoms with van der Waals surface area (Å²) in [6.07, 6.45) is 88.9. The van der Waals surface area contributed by atoms with Gasteiger partial charge in [0.25, 0.3) is 0 Å². The van der Waals surface area contributed by atoms with Crippen molar-refractivity contribution in [3.8, 4) is 0 Å². The number of unbranched alkanes of at least 4 members (excludes halogenated alkanes) is 37. The molecule has 0 saturated carbocycles. The molecule has 0 spiro atoms. The van der Waals surface area contributed by atoms with Gasteiger partial charge in [-0.3, -0.25) is 14.4 Å². The topological polar surface area (TPSA) is 78.9 Å². The van der Waals surface area contributed by atoms with Crippen LogP contribution in [0.4, 0.5) is 0 Å². The highest BCUT2D eigenvalue weighted by Gasteiger charge is 2.19. The molecular weight excluding hydrogens is 973 g/mol. The number of esters is 3. The lowest BCUT2D eigenvalue weighted by Gasteiger charge is -2.18. The van der Waals surface area contributed by atoms with Gasteiger partial charge < -0.3 is 14.2 Å². The van der Waals surface area contributed by atoms with Crippen molar-refractivity contribution < 1.29 is 28.6 Å². The summed E-state index contributed by atoms with van der Waals surface area (Å²) in [4.78, 5) is 38.4. The fourth-order valence-corrected chi connectivity index (χ4v) is 9.80. The van der Waals surface area contributed by atoms with Gasteiger partial charge >= 0.3 is 17.9 Å². The van der Waals surface area contributed by atoms with Crippen LogP contribution in [0.5, 0.6) is 0 Å². The van der Waals surface area contributed by atoms with Crippen LogP contribution < -0.4 is 0 Å². The third-order valence-electron chi connectivity index (χ3n) is 14.9. The Balaban J connectivity index is 4.30. The number of carbonyl (C=O) groups excluding carboxylic acids is 3. The number of rotatable bonds is 62. The maximum absolute atomic E-state index is 12.9. The predicted molar refractivity (Wildman–Crippen MR) is 344 cm³/mol. The SMILES string of the molecule is CC/C=C\C/C=C\C/C=C\C/C=C\C/C=C\CCCCCCCCCC(=O)OC(COC(=O)CCCCCCC/C=C\C/C=C\CCC)COC(=O)CCCCCCCCCCCCCCCCCCCCCCCCCCC. The van der Waals surface area contributed by atoms with E-state index in [0.29, 0.717) is 19.3 Å². The summed E-state index contributed by atoms with van der Waals surface area (Å²) in [5.74, 6) is -0.893. The molecule has 0 aromatic rings. The summed E-state index contributed by atoms with van der Waals surface area (Å²) in [5, 5.41) is 0. The summed E-state index contributed by atoms with van der Waals surface area (Å²) < 4.78 is 16.9. The van der Waals surface area contributed by atoms with Gasteiger partial charge in [-0.1, -0.05) is 318 Å². The summed E-state index contributed by atoms with van der Waals surface area (Å²) >= 11 is 0. The summed E-state index contributed by atoms with van der Waals surface area (Å²) in [6, 6.07) is 0. The lowest BCUT2D eigenvalue weighted by atomic mass is 10.0. The second kappa shape index (κ2) is 67.1. The lowest BCUT2D eigenvalue weighted by Crippen LogP contribution is -2.30. The van der Waals surface area contributed by atoms with Crippen LogP contribution in [0.2, 0.25) is 0 Å². The molecule has 0 heterocycles. The van der Waals surface area contributed by atoms with Gasteiger partial charge in [0, 0.05) is 19.3 Å². The molecule has 6 nitrogen and oxygen atoms in total. The minimum absolute atomic E-state index is 0.0829. The molecule has 0 N–H and O–H groups in total. The molecule has 6 heteroatoms. The average molecular weight is 1100 g/mol. The molecule has 0 aliphatic carbocycles. The van der Waals surface area contributed by atoms with E-state index in [-0.39, 0.29) is 31.1 Å². The Morgan fingerprint density at radius 1 is 0.266 bits per heavy atom. The number of hydrogen-bond acceptors (Lipinski definition) is 6. The third-order valence-corrected chi connectivity index (χ3v) is 14.9. The van der Waals surface area contributed by atoms with Gasteiger partial charge in [0.15, 0.2) is 6.10 Å². The quantitative estimate of drug-likeness (QED) is 0.0261. The summed E-state index contributed by atoms with van der Waals surface area (Å²) in [5.41, 5.74) is 0. The van der Waals surface area contributed by atoms with E-state index in [1.165, 1.54) is 173 Å². The van der Waals surface area contributed by atoms with Gasteiger partial charge in [-0.05, 0) is 89.9 Å². The van der Waals surface area contributed by atoms with E-state index in [1.807, 2.05) is 0 Å². The van der Waals surface area contributed by atoms with Crippen LogP contribution in [0.3, 0.4) is 0 Å². The van der Waals surface area contributed by atoms with Crippen LogP contribution in [0.1, 0.15) is 342 Å². The van der Waals surface area contributed by atoms with Crippen molar-refractivity contribution >= 4 is 17.9 Å². The van der Waals surface area contributed by atoms with Gasteiger partial charge in [-0.2, -0.15) is 0 Å². The van der Waals surface area contributed by atoms with Gasteiger partial charge in [-0.15, -0.1) is 0 Å². The van der Waals surface area contributed by atoms with E-state index in [4.69, 9.17) is 14.2 Å². The maximum Gasteiger partial charge on any atom is 0.306 e. The Morgan fingerprint density at radius 3 is 0.823 bits per heavy atom. The van der Waals surface area contributed by atoms with Crippen LogP contribution in [0, 0.1) is 0 Å². The molecule has 0 radical (unpaired) electrons. The first kappa shape index (κ1) is 75.6. The second-order valence-corrected chi connectivity index (χ2v) is 22.7. The molecule has 0 fully saturated rings. The zero-order valence-electron chi connectivity index (χ0n) is 52.4. The van der Waals surface area contributed by atoms with Gasteiger partial charge in [0.1, 0.15) is 13.2 Å². The van der Waals surface area contributed by atoms with E-state index in [0.717, 1.165) is 128 Å². The van der Waals surface area contributed by atoms with Gasteiger partial charge in [0.2, 0.25) is 0 Å². The van der Waals surface area contributed by atoms with Gasteiger partial charge in [-0.25, -0.2) is 0 Å². The van der Waals surface area contributed by atoms with Gasteiger partial charge in [0.05, 0.1) is 0 Å². The molecule has 456 valence electrons. The molecule has 1 atom stereocenters. The number of ether oxygens (including phenoxy) is 3. The number of carbonyl (C=O) groups is 3. The Kier molecular flexibility index (Phi) is 64.2. The van der Waals surface area contributed by atoms with Crippen molar-refractivity contribution in [3.63, 3.8) is 0 Å². The van der Waals surface area contributed by atoms with E-state index >= 15 is 0 Å². The van der Waals surface area contributed by atoms with E-state index < -0.39 is 6.10 Å². The molecule has 1 unspecified atom stereocenters. The molecule has 0 aromatic carbocycles. The Hall–Kier alpha value is -3.41. The smallest absolute Gasteiger partial charge is 0.306 e. The monoisotopic (exact) mass is 1100 g/mol. The predicted octanol–water partition coefficient (Wildman–Crippen LogP) is 23.4. The highest BCUT2D eigenvalue weighted by molar-refractivity contribution is 5.71. The highest BCUT2D eigenvalue weighted by Crippen LogP contribution is 2.18. The average Bonchev–Trinajstić information content (AvgIpc) is 3.45. The minimum Gasteiger partial charge on any atom is -0.462 e. The Labute approximate surface area is 490 Å². The highest BCUT2D eigenvalue weighted by atomic mass is 16.6. The normalized spacial score (nSPS) is 12.6. The van der Waals surface area contributed by atoms with Crippen molar-refractivity contribution in [1.82, 2.24) is 0 Å². The van der Waals surface area contributed by atoms with Crippen molar-refractivity contribution in [3.05, 3.63) is 85.1 Å². The van der Waals surface area contributed by atoms with Crippen LogP contribution in [-0.4, -0.2) is 37.2 Å². The van der Waals surface area contributed by atoms with Crippen molar-refractivity contribution in [2.24, 2.45) is 0 Å². The van der Waals surface area contributed by atoms with Crippen molar-refractivity contribution in [2.45, 2.75) is 348 Å². The molecule has 0 bridgehead atoms. The van der Waals surface area contributed by atoms with Crippen LogP contribution in [0.15, 0.2) is 85.1 Å². The zero-order valence-corrected chi connectivity index (χ0v) is 52.4. The molecule has 79 heavy (non-hydrogen) atoms. The minimum atomic E-state index is -0.789. The van der Waals surface area contributed by atoms with E-state index in [9.17, 15) is 14.4 Å². The maximum atomic E-state index is 12.9. The third kappa shape index (κ3) is 65.3. The second-order valence-electron chi connectivity index (χ2n) is 22.7. The number of hydrogen-bond donors (Lipinski definition) is 0. The first-order valence-electron chi connectivity index (χ1n) is 34.1. The summed E-state index contributed by atoms with van der Waals surface area (Å²) in [6.45, 7) is 6.49. The largest absolute Gasteiger partial charge is 0.462 e. The van der Waals surface area contributed by atoms with E-state index in [2.05, 4.69) is 106 Å². The first-order chi connectivity index (χ1) is 39.0. The molecular formula is C73H128O6. The zero-order chi connectivity index (χ0) is 57.1. The van der Waals surface area contributed by atoms with E-state index in [1.54, 1.807) is 0 Å². The molecule has 0 amide bonds. The fraction of sp³-hybridized carbons (Fsp3) is 0.767. The fourth-order valence-electron chi connectivity index (χ4n) is 9.80. The van der Waals surface area contributed by atoms with Crippen molar-refractivity contribution in [2.75, 3.05) is 13.2 Å². The van der Waals surface area contributed by atoms with Crippen LogP contribution in [-0.2, 0) is 28.6 Å². The molecule has 0 aliphatic rings. The Morgan fingerprint density at radius 2 is 0.519 bits per heavy atom. The lowest BCUT2D eigenvalue weighted by molar-refractivity contribution is -0.167. The summed E-state index contributed by atoms with van der Waals surface area (Å²) in [7, 11) is 0. The number of allylic oxidation sites excluding steroid dienone is 14. The van der Waals surface area contributed by atoms with Crippen LogP contribution in [0.25, 0.3) is 0 Å². The van der Waals surface area contributed by atoms with Crippen LogP contribution >= 0.6 is 0 Å². The Bertz CT molecular complexity index is 1500. The standard InChI is InChI=1S/C73H128O6/c1-4-7-10-13-16-19-22-25-27-29-31-33-35-36-38-39-41-43-45-48-51-54-57-60-63-66-72(75)78-69-70(68-77-71(74)65-62-59-56-53-50-47-24-21-18-15-12-9-6-3)79-73(76)67-64-61-58-55-52-49-46-44-42-40-37-34-32-30-28-26-23-20-17-14-11-8-5-2/h8,11-12,15,17,20-21,24,26,28,32,34,40,42,70H,4-7,9-10,13-14,16,18-19,22-23,25,27,29-31,33,35-39,41,43-69H2,1-3H3/b11-8-,15-12-,20-17-,24-21-,28-26-,34-32-,42-40-.